The zero-order chi connectivity index (χ0) is 23.4. The van der Waals surface area contributed by atoms with Crippen molar-refractivity contribution in [2.75, 3.05) is 44.8 Å². The first kappa shape index (κ1) is 22.7. The predicted octanol–water partition coefficient (Wildman–Crippen LogP) is 2.43. The van der Waals surface area contributed by atoms with Gasteiger partial charge in [-0.05, 0) is 37.3 Å². The van der Waals surface area contributed by atoms with Gasteiger partial charge in [-0.2, -0.15) is 4.31 Å². The van der Waals surface area contributed by atoms with Crippen LogP contribution in [0.3, 0.4) is 0 Å². The molecule has 1 saturated heterocycles. The van der Waals surface area contributed by atoms with Gasteiger partial charge in [-0.15, -0.1) is 0 Å². The van der Waals surface area contributed by atoms with Crippen LogP contribution in [0.25, 0.3) is 11.3 Å². The average Bonchev–Trinajstić information content (AvgIpc) is 3.35. The largest absolute Gasteiger partial charge is 0.495 e. The molecule has 0 N–H and O–H groups in total. The van der Waals surface area contributed by atoms with Gasteiger partial charge in [0.2, 0.25) is 10.0 Å². The summed E-state index contributed by atoms with van der Waals surface area (Å²) in [5.74, 6) is 0.671. The zero-order valence-electron chi connectivity index (χ0n) is 18.3. The first-order valence-corrected chi connectivity index (χ1v) is 11.9. The number of methoxy groups -OCH3 is 1. The first-order chi connectivity index (χ1) is 15.9. The van der Waals surface area contributed by atoms with E-state index in [9.17, 15) is 13.2 Å². The topological polar surface area (TPSA) is 115 Å². The number of esters is 1. The van der Waals surface area contributed by atoms with E-state index >= 15 is 0 Å². The highest BCUT2D eigenvalue weighted by Crippen LogP contribution is 2.33. The molecule has 3 aromatic rings. The molecule has 1 fully saturated rings. The second kappa shape index (κ2) is 9.59. The van der Waals surface area contributed by atoms with Crippen molar-refractivity contribution in [1.29, 1.82) is 0 Å². The van der Waals surface area contributed by atoms with Gasteiger partial charge >= 0.3 is 5.97 Å². The number of rotatable bonds is 7. The Bertz CT molecular complexity index is 1220. The Morgan fingerprint density at radius 1 is 1.12 bits per heavy atom. The zero-order valence-corrected chi connectivity index (χ0v) is 19.1. The van der Waals surface area contributed by atoms with E-state index in [2.05, 4.69) is 10.1 Å². The summed E-state index contributed by atoms with van der Waals surface area (Å²) in [4.78, 5) is 18.3. The molecule has 0 amide bonds. The predicted molar refractivity (Wildman–Crippen MR) is 120 cm³/mol. The van der Waals surface area contributed by atoms with Gasteiger partial charge in [0, 0.05) is 44.0 Å². The Morgan fingerprint density at radius 3 is 2.58 bits per heavy atom. The van der Waals surface area contributed by atoms with Crippen molar-refractivity contribution in [2.45, 2.75) is 11.8 Å². The number of sulfonamides is 1. The van der Waals surface area contributed by atoms with Crippen LogP contribution in [0.5, 0.6) is 5.75 Å². The number of pyridine rings is 1. The van der Waals surface area contributed by atoms with E-state index < -0.39 is 16.0 Å². The van der Waals surface area contributed by atoms with Gasteiger partial charge in [0.1, 0.15) is 16.5 Å². The number of nitrogens with zero attached hydrogens (tertiary/aromatic N) is 4. The van der Waals surface area contributed by atoms with E-state index in [0.717, 1.165) is 5.82 Å². The smallest absolute Gasteiger partial charge is 0.360 e. The molecule has 0 aliphatic carbocycles. The number of hydrogen-bond acceptors (Lipinski definition) is 9. The lowest BCUT2D eigenvalue weighted by atomic mass is 10.1. The van der Waals surface area contributed by atoms with Gasteiger partial charge in [0.25, 0.3) is 0 Å². The highest BCUT2D eigenvalue weighted by Gasteiger charge is 2.32. The van der Waals surface area contributed by atoms with Crippen molar-refractivity contribution >= 4 is 21.8 Å². The summed E-state index contributed by atoms with van der Waals surface area (Å²) < 4.78 is 43.9. The van der Waals surface area contributed by atoms with Crippen molar-refractivity contribution in [2.24, 2.45) is 0 Å². The number of carbonyl (C=O) groups excluding carboxylic acids is 1. The molecule has 1 aromatic carbocycles. The Labute approximate surface area is 191 Å². The molecule has 10 nitrogen and oxygen atoms in total. The monoisotopic (exact) mass is 472 g/mol. The number of benzene rings is 1. The number of hydrogen-bond donors (Lipinski definition) is 0. The minimum absolute atomic E-state index is 0.0118. The van der Waals surface area contributed by atoms with Crippen molar-refractivity contribution in [3.05, 3.63) is 54.4 Å². The van der Waals surface area contributed by atoms with E-state index in [-0.39, 0.29) is 28.7 Å². The molecular formula is C22H24N4O6S. The van der Waals surface area contributed by atoms with E-state index in [0.29, 0.717) is 31.7 Å². The van der Waals surface area contributed by atoms with Gasteiger partial charge in [0.15, 0.2) is 11.5 Å². The summed E-state index contributed by atoms with van der Waals surface area (Å²) in [6.45, 7) is 3.55. The van der Waals surface area contributed by atoms with Crippen molar-refractivity contribution in [3.8, 4) is 17.1 Å². The molecule has 0 atom stereocenters. The number of ether oxygens (including phenoxy) is 2. The minimum atomic E-state index is -3.85. The Hall–Kier alpha value is -3.44. The summed E-state index contributed by atoms with van der Waals surface area (Å²) in [5.41, 5.74) is 0.460. The summed E-state index contributed by atoms with van der Waals surface area (Å²) in [6.07, 6.45) is 1.71. The van der Waals surface area contributed by atoms with Gasteiger partial charge < -0.3 is 18.9 Å². The van der Waals surface area contributed by atoms with Crippen LogP contribution in [0.1, 0.15) is 17.4 Å². The summed E-state index contributed by atoms with van der Waals surface area (Å²) >= 11 is 0. The number of aromatic nitrogens is 2. The van der Waals surface area contributed by atoms with Crippen LogP contribution < -0.4 is 9.64 Å². The highest BCUT2D eigenvalue weighted by molar-refractivity contribution is 7.89. The maximum atomic E-state index is 13.5. The Morgan fingerprint density at radius 2 is 1.91 bits per heavy atom. The molecule has 1 aliphatic heterocycles. The highest BCUT2D eigenvalue weighted by atomic mass is 32.2. The van der Waals surface area contributed by atoms with Crippen LogP contribution in [-0.4, -0.2) is 68.7 Å². The fourth-order valence-corrected chi connectivity index (χ4v) is 5.19. The van der Waals surface area contributed by atoms with Crippen LogP contribution in [0, 0.1) is 0 Å². The van der Waals surface area contributed by atoms with Crippen LogP contribution in [0.2, 0.25) is 0 Å². The lowest BCUT2D eigenvalue weighted by Gasteiger charge is -2.34. The fraction of sp³-hybridized carbons (Fsp3) is 0.318. The normalized spacial score (nSPS) is 14.8. The van der Waals surface area contributed by atoms with Gasteiger partial charge in [-0.25, -0.2) is 18.2 Å². The second-order valence-electron chi connectivity index (χ2n) is 7.24. The molecule has 0 spiro atoms. The second-order valence-corrected chi connectivity index (χ2v) is 9.15. The quantitative estimate of drug-likeness (QED) is 0.478. The summed E-state index contributed by atoms with van der Waals surface area (Å²) in [5, 5.41) is 3.72. The van der Waals surface area contributed by atoms with Crippen LogP contribution >= 0.6 is 0 Å². The maximum Gasteiger partial charge on any atom is 0.360 e. The number of piperazine rings is 1. The van der Waals surface area contributed by atoms with Gasteiger partial charge in [-0.1, -0.05) is 11.2 Å². The third-order valence-corrected chi connectivity index (χ3v) is 7.19. The summed E-state index contributed by atoms with van der Waals surface area (Å²) in [6, 6.07) is 11.7. The third-order valence-electron chi connectivity index (χ3n) is 5.27. The van der Waals surface area contributed by atoms with E-state index in [4.69, 9.17) is 14.0 Å². The van der Waals surface area contributed by atoms with Crippen LogP contribution in [-0.2, 0) is 14.8 Å². The molecule has 174 valence electrons. The third kappa shape index (κ3) is 4.69. The number of carbonyl (C=O) groups is 1. The lowest BCUT2D eigenvalue weighted by molar-refractivity contribution is 0.0514. The number of anilines is 1. The molecule has 4 rings (SSSR count). The minimum Gasteiger partial charge on any atom is -0.495 e. The van der Waals surface area contributed by atoms with Crippen LogP contribution in [0.15, 0.2) is 58.1 Å². The van der Waals surface area contributed by atoms with E-state index in [1.165, 1.54) is 23.5 Å². The molecule has 3 heterocycles. The molecule has 0 saturated carbocycles. The molecule has 0 bridgehead atoms. The van der Waals surface area contributed by atoms with Gasteiger partial charge in [0.05, 0.1) is 13.7 Å². The molecule has 11 heteroatoms. The lowest BCUT2D eigenvalue weighted by Crippen LogP contribution is -2.48. The molecule has 33 heavy (non-hydrogen) atoms. The molecule has 0 radical (unpaired) electrons. The standard InChI is InChI=1S/C22H24N4O6S/c1-3-31-22(27)17-15-19(32-24-17)16-7-8-18(30-2)20(14-16)33(28,29)26-12-10-25(11-13-26)21-6-4-5-9-23-21/h4-9,14-15H,3,10-13H2,1-2H3. The summed E-state index contributed by atoms with van der Waals surface area (Å²) in [7, 11) is -2.43. The van der Waals surface area contributed by atoms with Gasteiger partial charge in [-0.3, -0.25) is 0 Å². The van der Waals surface area contributed by atoms with Crippen LogP contribution in [0.4, 0.5) is 5.82 Å². The van der Waals surface area contributed by atoms with E-state index in [1.54, 1.807) is 25.3 Å². The van der Waals surface area contributed by atoms with Crippen molar-refractivity contribution in [3.63, 3.8) is 0 Å². The SMILES string of the molecule is CCOC(=O)c1cc(-c2ccc(OC)c(S(=O)(=O)N3CCN(c4ccccn4)CC3)c2)on1. The van der Waals surface area contributed by atoms with E-state index in [1.807, 2.05) is 23.1 Å². The molecular weight excluding hydrogens is 448 g/mol. The molecule has 2 aromatic heterocycles. The molecule has 1 aliphatic rings. The Balaban J connectivity index is 1.58. The fourth-order valence-electron chi connectivity index (χ4n) is 3.58. The Kier molecular flexibility index (Phi) is 6.61. The average molecular weight is 473 g/mol. The molecule has 0 unspecified atom stereocenters. The maximum absolute atomic E-state index is 13.5. The van der Waals surface area contributed by atoms with Crippen molar-refractivity contribution in [1.82, 2.24) is 14.4 Å². The first-order valence-electron chi connectivity index (χ1n) is 10.4. The van der Waals surface area contributed by atoms with Crippen molar-refractivity contribution < 1.29 is 27.2 Å².